The van der Waals surface area contributed by atoms with E-state index >= 15 is 0 Å². The summed E-state index contributed by atoms with van der Waals surface area (Å²) < 4.78 is 5.48. The fourth-order valence-electron chi connectivity index (χ4n) is 2.26. The SMILES string of the molecule is CNc1nc(CSc2cccc(Cl)c2)nc2c1COCC2. The van der Waals surface area contributed by atoms with Crippen LogP contribution in [0, 0.1) is 0 Å². The van der Waals surface area contributed by atoms with Crippen molar-refractivity contribution in [3.05, 3.63) is 46.4 Å². The van der Waals surface area contributed by atoms with Crippen LogP contribution in [-0.4, -0.2) is 23.6 Å². The van der Waals surface area contributed by atoms with Gasteiger partial charge in [0.2, 0.25) is 0 Å². The summed E-state index contributed by atoms with van der Waals surface area (Å²) in [6.45, 7) is 1.32. The zero-order valence-electron chi connectivity index (χ0n) is 11.7. The van der Waals surface area contributed by atoms with E-state index in [9.17, 15) is 0 Å². The molecule has 0 spiro atoms. The van der Waals surface area contributed by atoms with E-state index in [0.717, 1.165) is 51.6 Å². The molecule has 1 aromatic heterocycles. The fourth-order valence-corrected chi connectivity index (χ4v) is 3.32. The van der Waals surface area contributed by atoms with Gasteiger partial charge in [0.15, 0.2) is 0 Å². The highest BCUT2D eigenvalue weighted by molar-refractivity contribution is 7.98. The summed E-state index contributed by atoms with van der Waals surface area (Å²) in [7, 11) is 1.88. The summed E-state index contributed by atoms with van der Waals surface area (Å²) in [4.78, 5) is 10.4. The van der Waals surface area contributed by atoms with E-state index in [4.69, 9.17) is 16.3 Å². The molecule has 0 aliphatic carbocycles. The number of thioether (sulfide) groups is 1. The molecule has 21 heavy (non-hydrogen) atoms. The van der Waals surface area contributed by atoms with Gasteiger partial charge < -0.3 is 10.1 Å². The first-order valence-corrected chi connectivity index (χ1v) is 8.15. The van der Waals surface area contributed by atoms with Gasteiger partial charge in [0.25, 0.3) is 0 Å². The maximum absolute atomic E-state index is 6.00. The van der Waals surface area contributed by atoms with Crippen LogP contribution in [0.5, 0.6) is 0 Å². The molecule has 1 N–H and O–H groups in total. The second kappa shape index (κ2) is 6.64. The lowest BCUT2D eigenvalue weighted by molar-refractivity contribution is 0.109. The lowest BCUT2D eigenvalue weighted by Gasteiger charge is -2.19. The number of rotatable bonds is 4. The Bertz CT molecular complexity index is 634. The van der Waals surface area contributed by atoms with Crippen molar-refractivity contribution in [2.75, 3.05) is 19.0 Å². The molecule has 0 saturated heterocycles. The molecular weight excluding hydrogens is 306 g/mol. The smallest absolute Gasteiger partial charge is 0.141 e. The molecule has 0 bridgehead atoms. The number of nitrogens with zero attached hydrogens (tertiary/aromatic N) is 2. The van der Waals surface area contributed by atoms with Gasteiger partial charge in [-0.15, -0.1) is 11.8 Å². The Morgan fingerprint density at radius 3 is 3.10 bits per heavy atom. The number of anilines is 1. The number of aromatic nitrogens is 2. The highest BCUT2D eigenvalue weighted by Gasteiger charge is 2.17. The number of hydrogen-bond donors (Lipinski definition) is 1. The van der Waals surface area contributed by atoms with Gasteiger partial charge in [0.05, 0.1) is 24.7 Å². The molecule has 0 amide bonds. The maximum atomic E-state index is 6.00. The van der Waals surface area contributed by atoms with Crippen LogP contribution in [-0.2, 0) is 23.5 Å². The third-order valence-electron chi connectivity index (χ3n) is 3.27. The lowest BCUT2D eigenvalue weighted by Crippen LogP contribution is -2.16. The molecule has 3 rings (SSSR count). The molecule has 1 aromatic carbocycles. The Kier molecular flexibility index (Phi) is 4.63. The molecule has 0 unspecified atom stereocenters. The average molecular weight is 322 g/mol. The van der Waals surface area contributed by atoms with Crippen LogP contribution in [0.3, 0.4) is 0 Å². The highest BCUT2D eigenvalue weighted by atomic mass is 35.5. The van der Waals surface area contributed by atoms with Gasteiger partial charge in [-0.3, -0.25) is 0 Å². The minimum absolute atomic E-state index is 0.590. The molecule has 110 valence electrons. The van der Waals surface area contributed by atoms with E-state index in [0.29, 0.717) is 6.61 Å². The molecular formula is C15H16ClN3OS. The average Bonchev–Trinajstić information content (AvgIpc) is 2.52. The summed E-state index contributed by atoms with van der Waals surface area (Å²) in [5.41, 5.74) is 2.18. The van der Waals surface area contributed by atoms with Crippen molar-refractivity contribution in [2.24, 2.45) is 0 Å². The summed E-state index contributed by atoms with van der Waals surface area (Å²) >= 11 is 7.69. The number of hydrogen-bond acceptors (Lipinski definition) is 5. The molecule has 4 nitrogen and oxygen atoms in total. The number of fused-ring (bicyclic) bond motifs is 1. The van der Waals surface area contributed by atoms with E-state index in [1.165, 1.54) is 0 Å². The minimum Gasteiger partial charge on any atom is -0.376 e. The predicted octanol–water partition coefficient (Wildman–Crippen LogP) is 3.54. The largest absolute Gasteiger partial charge is 0.376 e. The van der Waals surface area contributed by atoms with Gasteiger partial charge >= 0.3 is 0 Å². The topological polar surface area (TPSA) is 47.0 Å². The van der Waals surface area contributed by atoms with E-state index in [2.05, 4.69) is 15.3 Å². The lowest BCUT2D eigenvalue weighted by atomic mass is 10.1. The zero-order chi connectivity index (χ0) is 14.7. The summed E-state index contributed by atoms with van der Waals surface area (Å²) in [6.07, 6.45) is 0.849. The number of halogens is 1. The normalized spacial score (nSPS) is 13.8. The maximum Gasteiger partial charge on any atom is 0.141 e. The quantitative estimate of drug-likeness (QED) is 0.873. The van der Waals surface area contributed by atoms with E-state index in [1.807, 2.05) is 31.3 Å². The van der Waals surface area contributed by atoms with Crippen molar-refractivity contribution in [1.82, 2.24) is 9.97 Å². The van der Waals surface area contributed by atoms with Crippen LogP contribution in [0.2, 0.25) is 5.02 Å². The second-order valence-corrected chi connectivity index (χ2v) is 6.20. The summed E-state index contributed by atoms with van der Waals surface area (Å²) in [5, 5.41) is 3.89. The van der Waals surface area contributed by atoms with Crippen LogP contribution in [0.1, 0.15) is 17.1 Å². The number of ether oxygens (including phenoxy) is 1. The zero-order valence-corrected chi connectivity index (χ0v) is 13.3. The molecule has 0 radical (unpaired) electrons. The third kappa shape index (κ3) is 3.48. The molecule has 0 fully saturated rings. The monoisotopic (exact) mass is 321 g/mol. The Hall–Kier alpha value is -1.30. The number of benzene rings is 1. The van der Waals surface area contributed by atoms with E-state index < -0.39 is 0 Å². The van der Waals surface area contributed by atoms with Crippen molar-refractivity contribution >= 4 is 29.2 Å². The van der Waals surface area contributed by atoms with Gasteiger partial charge in [-0.2, -0.15) is 0 Å². The number of nitrogens with one attached hydrogen (secondary N) is 1. The van der Waals surface area contributed by atoms with Crippen molar-refractivity contribution < 1.29 is 4.74 Å². The Morgan fingerprint density at radius 1 is 1.38 bits per heavy atom. The highest BCUT2D eigenvalue weighted by Crippen LogP contribution is 2.27. The Morgan fingerprint density at radius 2 is 2.29 bits per heavy atom. The fraction of sp³-hybridized carbons (Fsp3) is 0.333. The molecule has 2 aromatic rings. The van der Waals surface area contributed by atoms with Gasteiger partial charge in [-0.1, -0.05) is 17.7 Å². The predicted molar refractivity (Wildman–Crippen MR) is 86.0 cm³/mol. The Labute approximate surface area is 133 Å². The molecule has 2 heterocycles. The van der Waals surface area contributed by atoms with Crippen molar-refractivity contribution in [3.63, 3.8) is 0 Å². The second-order valence-electron chi connectivity index (χ2n) is 4.71. The van der Waals surface area contributed by atoms with Gasteiger partial charge in [-0.25, -0.2) is 9.97 Å². The van der Waals surface area contributed by atoms with Crippen LogP contribution in [0.15, 0.2) is 29.2 Å². The molecule has 1 aliphatic heterocycles. The van der Waals surface area contributed by atoms with Gasteiger partial charge in [0, 0.05) is 29.0 Å². The first-order valence-electron chi connectivity index (χ1n) is 6.79. The standard InChI is InChI=1S/C15H16ClN3OS/c1-17-15-12-8-20-6-5-13(12)18-14(19-15)9-21-11-4-2-3-10(16)7-11/h2-4,7H,5-6,8-9H2,1H3,(H,17,18,19). The van der Waals surface area contributed by atoms with Crippen LogP contribution >= 0.6 is 23.4 Å². The van der Waals surface area contributed by atoms with Gasteiger partial charge in [0.1, 0.15) is 11.6 Å². The Balaban J connectivity index is 1.79. The van der Waals surface area contributed by atoms with Crippen LogP contribution in [0.4, 0.5) is 5.82 Å². The molecule has 0 saturated carbocycles. The summed E-state index contributed by atoms with van der Waals surface area (Å²) in [5.74, 6) is 2.44. The summed E-state index contributed by atoms with van der Waals surface area (Å²) in [6, 6.07) is 7.83. The molecule has 1 aliphatic rings. The third-order valence-corrected chi connectivity index (χ3v) is 4.49. The first kappa shape index (κ1) is 14.6. The van der Waals surface area contributed by atoms with Crippen LogP contribution in [0.25, 0.3) is 0 Å². The van der Waals surface area contributed by atoms with E-state index in [-0.39, 0.29) is 0 Å². The first-order chi connectivity index (χ1) is 10.3. The van der Waals surface area contributed by atoms with Gasteiger partial charge in [-0.05, 0) is 18.2 Å². The van der Waals surface area contributed by atoms with Crippen LogP contribution < -0.4 is 5.32 Å². The van der Waals surface area contributed by atoms with Crippen molar-refractivity contribution in [1.29, 1.82) is 0 Å². The molecule has 0 atom stereocenters. The van der Waals surface area contributed by atoms with E-state index in [1.54, 1.807) is 11.8 Å². The molecule has 6 heteroatoms. The van der Waals surface area contributed by atoms with Crippen molar-refractivity contribution in [3.8, 4) is 0 Å². The van der Waals surface area contributed by atoms with Crippen molar-refractivity contribution in [2.45, 2.75) is 23.7 Å². The minimum atomic E-state index is 0.590.